The number of anilines is 2. The van der Waals surface area contributed by atoms with Gasteiger partial charge >= 0.3 is 0 Å². The van der Waals surface area contributed by atoms with Gasteiger partial charge in [0.15, 0.2) is 0 Å². The zero-order valence-electron chi connectivity index (χ0n) is 9.03. The van der Waals surface area contributed by atoms with E-state index in [0.29, 0.717) is 5.82 Å². The summed E-state index contributed by atoms with van der Waals surface area (Å²) >= 11 is 1.80. The highest BCUT2D eigenvalue weighted by Gasteiger charge is 1.98. The first-order valence-electron chi connectivity index (χ1n) is 5.00. The van der Waals surface area contributed by atoms with Gasteiger partial charge in [-0.25, -0.2) is 10.8 Å². The van der Waals surface area contributed by atoms with Gasteiger partial charge in [0, 0.05) is 34.2 Å². The summed E-state index contributed by atoms with van der Waals surface area (Å²) in [6.07, 6.45) is 1.72. The van der Waals surface area contributed by atoms with Gasteiger partial charge in [0.25, 0.3) is 0 Å². The molecular formula is C11H14N4S. The summed E-state index contributed by atoms with van der Waals surface area (Å²) in [5.74, 6) is 5.95. The number of aromatic nitrogens is 1. The maximum absolute atomic E-state index is 5.29. The summed E-state index contributed by atoms with van der Waals surface area (Å²) in [6.45, 7) is 2.93. The molecule has 0 aliphatic heterocycles. The van der Waals surface area contributed by atoms with Crippen molar-refractivity contribution in [3.05, 3.63) is 40.2 Å². The first-order valence-corrected chi connectivity index (χ1v) is 5.81. The number of nitrogen functional groups attached to an aromatic ring is 1. The predicted molar refractivity (Wildman–Crippen MR) is 68.4 cm³/mol. The van der Waals surface area contributed by atoms with E-state index >= 15 is 0 Å². The van der Waals surface area contributed by atoms with Crippen LogP contribution in [0.5, 0.6) is 0 Å². The van der Waals surface area contributed by atoms with Crippen LogP contribution >= 0.6 is 11.3 Å². The van der Waals surface area contributed by atoms with Gasteiger partial charge < -0.3 is 10.7 Å². The second-order valence-corrected chi connectivity index (χ2v) is 4.81. The number of thiophene rings is 1. The van der Waals surface area contributed by atoms with Gasteiger partial charge in [-0.05, 0) is 25.1 Å². The quantitative estimate of drug-likeness (QED) is 0.561. The number of nitrogens with zero attached hydrogens (tertiary/aromatic N) is 1. The molecule has 16 heavy (non-hydrogen) atoms. The van der Waals surface area contributed by atoms with Gasteiger partial charge in [-0.3, -0.25) is 0 Å². The molecule has 0 aliphatic rings. The van der Waals surface area contributed by atoms with Crippen LogP contribution in [0, 0.1) is 6.92 Å². The van der Waals surface area contributed by atoms with E-state index in [2.05, 4.69) is 34.8 Å². The van der Waals surface area contributed by atoms with Gasteiger partial charge in [0.05, 0.1) is 0 Å². The molecule has 0 bridgehead atoms. The van der Waals surface area contributed by atoms with Crippen LogP contribution < -0.4 is 16.6 Å². The second-order valence-electron chi connectivity index (χ2n) is 3.44. The van der Waals surface area contributed by atoms with Crippen LogP contribution in [-0.4, -0.2) is 4.98 Å². The van der Waals surface area contributed by atoms with Gasteiger partial charge in [-0.15, -0.1) is 11.3 Å². The average molecular weight is 234 g/mol. The lowest BCUT2D eigenvalue weighted by molar-refractivity contribution is 1.17. The molecule has 0 spiro atoms. The van der Waals surface area contributed by atoms with E-state index in [0.717, 1.165) is 12.2 Å². The zero-order chi connectivity index (χ0) is 11.4. The van der Waals surface area contributed by atoms with Crippen molar-refractivity contribution < 1.29 is 0 Å². The molecule has 0 aromatic carbocycles. The Morgan fingerprint density at radius 1 is 1.38 bits per heavy atom. The van der Waals surface area contributed by atoms with Crippen LogP contribution in [-0.2, 0) is 6.54 Å². The smallest absolute Gasteiger partial charge is 0.141 e. The Balaban J connectivity index is 1.99. The Hall–Kier alpha value is -1.59. The van der Waals surface area contributed by atoms with E-state index in [1.165, 1.54) is 9.75 Å². The maximum Gasteiger partial charge on any atom is 0.141 e. The molecule has 0 radical (unpaired) electrons. The van der Waals surface area contributed by atoms with Crippen LogP contribution in [0.25, 0.3) is 0 Å². The minimum atomic E-state index is 0.660. The maximum atomic E-state index is 5.29. The van der Waals surface area contributed by atoms with Crippen LogP contribution in [0.15, 0.2) is 30.5 Å². The fraction of sp³-hybridized carbons (Fsp3) is 0.182. The molecule has 0 saturated carbocycles. The number of aryl methyl sites for hydroxylation is 1. The monoisotopic (exact) mass is 234 g/mol. The molecule has 4 nitrogen and oxygen atoms in total. The predicted octanol–water partition coefficient (Wildman–Crippen LogP) is 2.35. The number of hydrazine groups is 1. The lowest BCUT2D eigenvalue weighted by atomic mass is 10.3. The number of pyridine rings is 1. The molecule has 2 aromatic rings. The van der Waals surface area contributed by atoms with E-state index < -0.39 is 0 Å². The van der Waals surface area contributed by atoms with Crippen molar-refractivity contribution in [3.8, 4) is 0 Å². The highest BCUT2D eigenvalue weighted by molar-refractivity contribution is 7.11. The third-order valence-electron chi connectivity index (χ3n) is 2.17. The first-order chi connectivity index (χ1) is 7.78. The standard InChI is InChI=1S/C11H14N4S/c1-8-2-3-10(16-8)7-14-9-4-5-13-11(6-9)15-12/h2-6H,7,12H2,1H3,(H2,13,14,15). The molecule has 2 heterocycles. The number of hydrogen-bond acceptors (Lipinski definition) is 5. The Morgan fingerprint density at radius 3 is 2.94 bits per heavy atom. The molecular weight excluding hydrogens is 220 g/mol. The molecule has 5 heteroatoms. The van der Waals surface area contributed by atoms with E-state index in [4.69, 9.17) is 5.84 Å². The molecule has 2 rings (SSSR count). The van der Waals surface area contributed by atoms with E-state index in [1.807, 2.05) is 12.1 Å². The number of nitrogens with one attached hydrogen (secondary N) is 2. The fourth-order valence-corrected chi connectivity index (χ4v) is 2.22. The van der Waals surface area contributed by atoms with Crippen molar-refractivity contribution in [2.24, 2.45) is 5.84 Å². The lowest BCUT2D eigenvalue weighted by Crippen LogP contribution is -2.08. The number of hydrogen-bond donors (Lipinski definition) is 3. The van der Waals surface area contributed by atoms with Crippen LogP contribution in [0.2, 0.25) is 0 Å². The Morgan fingerprint density at radius 2 is 2.25 bits per heavy atom. The molecule has 2 aromatic heterocycles. The van der Waals surface area contributed by atoms with Gasteiger partial charge in [-0.2, -0.15) is 0 Å². The fourth-order valence-electron chi connectivity index (χ4n) is 1.39. The van der Waals surface area contributed by atoms with Crippen LogP contribution in [0.4, 0.5) is 11.5 Å². The summed E-state index contributed by atoms with van der Waals surface area (Å²) in [5, 5.41) is 3.32. The zero-order valence-corrected chi connectivity index (χ0v) is 9.84. The largest absolute Gasteiger partial charge is 0.380 e. The molecule has 0 fully saturated rings. The van der Waals surface area contributed by atoms with E-state index in [-0.39, 0.29) is 0 Å². The van der Waals surface area contributed by atoms with Gasteiger partial charge in [0.2, 0.25) is 0 Å². The molecule has 0 saturated heterocycles. The normalized spacial score (nSPS) is 10.1. The van der Waals surface area contributed by atoms with Crippen molar-refractivity contribution in [1.82, 2.24) is 4.98 Å². The summed E-state index contributed by atoms with van der Waals surface area (Å²) in [6, 6.07) is 8.05. The summed E-state index contributed by atoms with van der Waals surface area (Å²) < 4.78 is 0. The third-order valence-corrected chi connectivity index (χ3v) is 3.17. The average Bonchev–Trinajstić information content (AvgIpc) is 2.73. The van der Waals surface area contributed by atoms with Crippen molar-refractivity contribution in [2.45, 2.75) is 13.5 Å². The highest BCUT2D eigenvalue weighted by Crippen LogP contribution is 2.17. The first kappa shape index (κ1) is 10.9. The summed E-state index contributed by atoms with van der Waals surface area (Å²) in [7, 11) is 0. The molecule has 0 atom stereocenters. The SMILES string of the molecule is Cc1ccc(CNc2ccnc(NN)c2)s1. The van der Waals surface area contributed by atoms with Crippen molar-refractivity contribution in [1.29, 1.82) is 0 Å². The number of rotatable bonds is 4. The van der Waals surface area contributed by atoms with Gasteiger partial charge in [-0.1, -0.05) is 0 Å². The molecule has 84 valence electrons. The lowest BCUT2D eigenvalue weighted by Gasteiger charge is -2.06. The molecule has 4 N–H and O–H groups in total. The second kappa shape index (κ2) is 4.96. The van der Waals surface area contributed by atoms with E-state index in [1.54, 1.807) is 17.5 Å². The summed E-state index contributed by atoms with van der Waals surface area (Å²) in [4.78, 5) is 6.69. The minimum absolute atomic E-state index is 0.660. The van der Waals surface area contributed by atoms with E-state index in [9.17, 15) is 0 Å². The Kier molecular flexibility index (Phi) is 3.38. The van der Waals surface area contributed by atoms with Crippen LogP contribution in [0.3, 0.4) is 0 Å². The Labute approximate surface area is 98.5 Å². The van der Waals surface area contributed by atoms with Crippen molar-refractivity contribution in [2.75, 3.05) is 10.7 Å². The molecule has 0 aliphatic carbocycles. The van der Waals surface area contributed by atoms with Gasteiger partial charge in [0.1, 0.15) is 5.82 Å². The number of nitrogens with two attached hydrogens (primary N) is 1. The third kappa shape index (κ3) is 2.71. The molecule has 0 amide bonds. The Bertz CT molecular complexity index is 467. The topological polar surface area (TPSA) is 63.0 Å². The highest BCUT2D eigenvalue weighted by atomic mass is 32.1. The molecule has 0 unspecified atom stereocenters. The van der Waals surface area contributed by atoms with Crippen molar-refractivity contribution >= 4 is 22.8 Å². The summed E-state index contributed by atoms with van der Waals surface area (Å²) in [5.41, 5.74) is 3.53. The minimum Gasteiger partial charge on any atom is -0.380 e. The van der Waals surface area contributed by atoms with Crippen molar-refractivity contribution in [3.63, 3.8) is 0 Å². The van der Waals surface area contributed by atoms with Crippen LogP contribution in [0.1, 0.15) is 9.75 Å².